The zero-order valence-corrected chi connectivity index (χ0v) is 17.0. The summed E-state index contributed by atoms with van der Waals surface area (Å²) in [6.45, 7) is 4.78. The van der Waals surface area contributed by atoms with Gasteiger partial charge >= 0.3 is 0 Å². The highest BCUT2D eigenvalue weighted by atomic mass is 16.5. The van der Waals surface area contributed by atoms with Crippen molar-refractivity contribution in [3.8, 4) is 16.9 Å². The lowest BCUT2D eigenvalue weighted by Crippen LogP contribution is -2.46. The lowest BCUT2D eigenvalue weighted by molar-refractivity contribution is 0.249. The van der Waals surface area contributed by atoms with Crippen LogP contribution in [0, 0.1) is 0 Å². The van der Waals surface area contributed by atoms with Gasteiger partial charge in [-0.2, -0.15) is 5.10 Å². The summed E-state index contributed by atoms with van der Waals surface area (Å²) in [5.41, 5.74) is 4.42. The van der Waals surface area contributed by atoms with E-state index in [0.717, 1.165) is 66.3 Å². The largest absolute Gasteiger partial charge is 0.497 e. The van der Waals surface area contributed by atoms with Crippen molar-refractivity contribution in [2.45, 2.75) is 14.0 Å². The van der Waals surface area contributed by atoms with Crippen molar-refractivity contribution in [1.29, 1.82) is 0 Å². The highest BCUT2D eigenvalue weighted by Crippen LogP contribution is 2.29. The predicted octanol–water partition coefficient (Wildman–Crippen LogP) is 3.99. The Morgan fingerprint density at radius 1 is 1.00 bits per heavy atom. The minimum Gasteiger partial charge on any atom is -0.497 e. The second-order valence-electron chi connectivity index (χ2n) is 7.53. The molecular formula is C24H28N6O. The molecule has 1 N–H and O–H groups in total. The van der Waals surface area contributed by atoms with Gasteiger partial charge in [-0.1, -0.05) is 25.6 Å². The average molecular weight is 417 g/mol. The fourth-order valence-electron chi connectivity index (χ4n) is 4.03. The maximum atomic E-state index is 5.35. The van der Waals surface area contributed by atoms with E-state index in [1.807, 2.05) is 18.5 Å². The Balaban J connectivity index is 0.00000231. The molecule has 1 aliphatic rings. The van der Waals surface area contributed by atoms with Gasteiger partial charge < -0.3 is 9.64 Å². The molecular weight excluding hydrogens is 388 g/mol. The van der Waals surface area contributed by atoms with E-state index in [1.165, 1.54) is 5.56 Å². The highest BCUT2D eigenvalue weighted by molar-refractivity contribution is 5.92. The fraction of sp³-hybridized carbons (Fsp3) is 0.292. The normalized spacial score (nSPS) is 14.4. The minimum atomic E-state index is 0. The Hall–Kier alpha value is -3.45. The van der Waals surface area contributed by atoms with Crippen molar-refractivity contribution in [1.82, 2.24) is 25.1 Å². The number of anilines is 1. The van der Waals surface area contributed by atoms with Gasteiger partial charge in [-0.25, -0.2) is 9.97 Å². The Morgan fingerprint density at radius 2 is 1.87 bits per heavy atom. The summed E-state index contributed by atoms with van der Waals surface area (Å²) in [5.74, 6) is 1.92. The Kier molecular flexibility index (Phi) is 6.13. The second kappa shape index (κ2) is 9.14. The van der Waals surface area contributed by atoms with E-state index in [4.69, 9.17) is 4.74 Å². The van der Waals surface area contributed by atoms with Crippen LogP contribution in [-0.4, -0.2) is 58.4 Å². The van der Waals surface area contributed by atoms with Crippen LogP contribution < -0.4 is 9.64 Å². The smallest absolute Gasteiger partial charge is 0.139 e. The summed E-state index contributed by atoms with van der Waals surface area (Å²) in [7, 11) is 1.71. The Labute approximate surface area is 182 Å². The molecule has 0 unspecified atom stereocenters. The number of rotatable bonds is 5. The number of hydrogen-bond acceptors (Lipinski definition) is 6. The van der Waals surface area contributed by atoms with Crippen LogP contribution in [0.15, 0.2) is 61.2 Å². The van der Waals surface area contributed by atoms with Gasteiger partial charge in [0.2, 0.25) is 0 Å². The molecule has 2 aromatic heterocycles. The molecule has 0 bridgehead atoms. The van der Waals surface area contributed by atoms with Crippen LogP contribution in [0.4, 0.5) is 5.82 Å². The van der Waals surface area contributed by atoms with Crippen LogP contribution in [0.2, 0.25) is 0 Å². The molecule has 0 saturated carbocycles. The lowest BCUT2D eigenvalue weighted by atomic mass is 10.1. The monoisotopic (exact) mass is 416 g/mol. The number of benzene rings is 2. The van der Waals surface area contributed by atoms with Crippen LogP contribution in [0.1, 0.15) is 13.0 Å². The molecule has 2 aromatic carbocycles. The number of fused-ring (bicyclic) bond motifs is 1. The first-order chi connectivity index (χ1) is 14.8. The van der Waals surface area contributed by atoms with Crippen LogP contribution in [0.3, 0.4) is 0 Å². The molecule has 4 aromatic rings. The Morgan fingerprint density at radius 3 is 2.65 bits per heavy atom. The van der Waals surface area contributed by atoms with Gasteiger partial charge in [0.25, 0.3) is 0 Å². The van der Waals surface area contributed by atoms with Crippen molar-refractivity contribution in [2.75, 3.05) is 38.2 Å². The highest BCUT2D eigenvalue weighted by Gasteiger charge is 2.20. The summed E-state index contributed by atoms with van der Waals surface area (Å²) in [6.07, 6.45) is 5.40. The van der Waals surface area contributed by atoms with E-state index in [2.05, 4.69) is 66.4 Å². The first-order valence-electron chi connectivity index (χ1n) is 10.1. The van der Waals surface area contributed by atoms with E-state index in [0.29, 0.717) is 0 Å². The van der Waals surface area contributed by atoms with Crippen molar-refractivity contribution in [3.63, 3.8) is 0 Å². The summed E-state index contributed by atoms with van der Waals surface area (Å²) in [5, 5.41) is 8.03. The lowest BCUT2D eigenvalue weighted by Gasteiger charge is -2.35. The van der Waals surface area contributed by atoms with E-state index in [9.17, 15) is 0 Å². The Bertz CT molecular complexity index is 1140. The van der Waals surface area contributed by atoms with Gasteiger partial charge in [-0.05, 0) is 35.4 Å². The third-order valence-corrected chi connectivity index (χ3v) is 5.66. The number of aromatic amines is 1. The molecule has 7 heteroatoms. The molecule has 160 valence electrons. The van der Waals surface area contributed by atoms with Crippen LogP contribution in [-0.2, 0) is 6.54 Å². The molecule has 1 aliphatic heterocycles. The topological polar surface area (TPSA) is 70.2 Å². The number of methoxy groups -OCH3 is 1. The third-order valence-electron chi connectivity index (χ3n) is 5.66. The van der Waals surface area contributed by atoms with Gasteiger partial charge in [0.05, 0.1) is 18.8 Å². The summed E-state index contributed by atoms with van der Waals surface area (Å²) in [4.78, 5) is 13.9. The van der Waals surface area contributed by atoms with Crippen LogP contribution in [0.25, 0.3) is 22.0 Å². The average Bonchev–Trinajstić information content (AvgIpc) is 3.34. The van der Waals surface area contributed by atoms with Crippen molar-refractivity contribution >= 4 is 16.7 Å². The number of piperazine rings is 1. The van der Waals surface area contributed by atoms with Gasteiger partial charge in [-0.3, -0.25) is 10.00 Å². The van der Waals surface area contributed by atoms with Crippen molar-refractivity contribution in [2.24, 2.45) is 0 Å². The molecule has 0 radical (unpaired) electrons. The zero-order valence-electron chi connectivity index (χ0n) is 17.0. The molecule has 0 aliphatic carbocycles. The van der Waals surface area contributed by atoms with Gasteiger partial charge in [0.1, 0.15) is 17.9 Å². The number of ether oxygens (including phenoxy) is 1. The summed E-state index contributed by atoms with van der Waals surface area (Å²) < 4.78 is 5.35. The number of hydrogen-bond donors (Lipinski definition) is 1. The molecule has 1 fully saturated rings. The van der Waals surface area contributed by atoms with Gasteiger partial charge in [0, 0.05) is 49.9 Å². The van der Waals surface area contributed by atoms with Gasteiger partial charge in [0.15, 0.2) is 0 Å². The van der Waals surface area contributed by atoms with E-state index >= 15 is 0 Å². The number of H-pyrrole nitrogens is 1. The molecule has 5 rings (SSSR count). The van der Waals surface area contributed by atoms with Crippen LogP contribution >= 0.6 is 0 Å². The van der Waals surface area contributed by atoms with E-state index < -0.39 is 0 Å². The molecule has 7 nitrogen and oxygen atoms in total. The summed E-state index contributed by atoms with van der Waals surface area (Å²) in [6, 6.07) is 14.6. The SMILES string of the molecule is C.COc1cccc(CN2CCN(c3ncnc4ccc(-c5cn[nH]c5)cc34)CC2)c1. The molecule has 0 atom stereocenters. The van der Waals surface area contributed by atoms with Crippen molar-refractivity contribution < 1.29 is 4.74 Å². The first-order valence-corrected chi connectivity index (χ1v) is 10.1. The van der Waals surface area contributed by atoms with Crippen molar-refractivity contribution in [3.05, 3.63) is 66.7 Å². The van der Waals surface area contributed by atoms with Crippen LogP contribution in [0.5, 0.6) is 5.75 Å². The van der Waals surface area contributed by atoms with Gasteiger partial charge in [-0.15, -0.1) is 0 Å². The quantitative estimate of drug-likeness (QED) is 0.531. The molecule has 0 spiro atoms. The zero-order chi connectivity index (χ0) is 20.3. The third kappa shape index (κ3) is 4.36. The van der Waals surface area contributed by atoms with E-state index in [-0.39, 0.29) is 7.43 Å². The predicted molar refractivity (Wildman–Crippen MR) is 124 cm³/mol. The van der Waals surface area contributed by atoms with E-state index in [1.54, 1.807) is 13.4 Å². The molecule has 3 heterocycles. The fourth-order valence-corrected chi connectivity index (χ4v) is 4.03. The number of aromatic nitrogens is 4. The second-order valence-corrected chi connectivity index (χ2v) is 7.53. The number of nitrogens with one attached hydrogen (secondary N) is 1. The maximum absolute atomic E-state index is 5.35. The minimum absolute atomic E-state index is 0. The molecule has 0 amide bonds. The molecule has 31 heavy (non-hydrogen) atoms. The molecule has 1 saturated heterocycles. The first kappa shape index (κ1) is 20.8. The summed E-state index contributed by atoms with van der Waals surface area (Å²) >= 11 is 0. The maximum Gasteiger partial charge on any atom is 0.139 e. The standard InChI is InChI=1S/C23H24N6O.CH4/c1-30-20-4-2-3-17(11-20)15-28-7-9-29(10-8-28)23-21-12-18(19-13-26-27-14-19)5-6-22(21)24-16-25-23;/h2-6,11-14,16H,7-10,15H2,1H3,(H,26,27);1H4. The number of nitrogens with zero attached hydrogens (tertiary/aromatic N) is 5.